The molecule has 0 unspecified atom stereocenters. The van der Waals surface area contributed by atoms with E-state index in [9.17, 15) is 19.8 Å². The lowest BCUT2D eigenvalue weighted by molar-refractivity contribution is 0.0600. The van der Waals surface area contributed by atoms with E-state index in [0.717, 1.165) is 16.5 Å². The number of rotatable bonds is 5. The summed E-state index contributed by atoms with van der Waals surface area (Å²) in [5.41, 5.74) is 4.90. The quantitative estimate of drug-likeness (QED) is 0.170. The zero-order valence-electron chi connectivity index (χ0n) is 19.4. The standard InChI is InChI=1S/C15H13BrO2.C14H12O3/c1-18-15(17)14-7-3-6-13(9-14)12-5-2-4-11(8-12)10-16;1-9-12(15)8-7-11(13(9)16)14(17)10-5-3-2-4-6-10/h2-9H,10H2,1H3;2-8,15-16H,1H3. The van der Waals surface area contributed by atoms with E-state index >= 15 is 0 Å². The van der Waals surface area contributed by atoms with Crippen LogP contribution in [0.2, 0.25) is 0 Å². The van der Waals surface area contributed by atoms with Gasteiger partial charge < -0.3 is 14.9 Å². The van der Waals surface area contributed by atoms with Crippen LogP contribution in [0.1, 0.15) is 37.4 Å². The third kappa shape index (κ3) is 6.37. The van der Waals surface area contributed by atoms with Crippen LogP contribution in [0.15, 0.2) is 91.0 Å². The molecule has 4 aromatic carbocycles. The van der Waals surface area contributed by atoms with E-state index < -0.39 is 0 Å². The van der Waals surface area contributed by atoms with Gasteiger partial charge in [0, 0.05) is 16.5 Å². The molecule has 4 rings (SSSR count). The van der Waals surface area contributed by atoms with E-state index in [1.807, 2.05) is 36.4 Å². The lowest BCUT2D eigenvalue weighted by Gasteiger charge is -2.07. The van der Waals surface area contributed by atoms with E-state index in [2.05, 4.69) is 28.1 Å². The minimum absolute atomic E-state index is 0.0212. The predicted octanol–water partition coefficient (Wildman–Crippen LogP) is 6.67. The number of hydrogen-bond donors (Lipinski definition) is 2. The van der Waals surface area contributed by atoms with E-state index in [1.165, 1.54) is 24.8 Å². The number of phenolic OH excluding ortho intramolecular Hbond substituents is 2. The maximum atomic E-state index is 12.1. The number of hydrogen-bond acceptors (Lipinski definition) is 5. The number of carbonyl (C=O) groups is 2. The fourth-order valence-corrected chi connectivity index (χ4v) is 3.74. The molecule has 4 aromatic rings. The Labute approximate surface area is 212 Å². The zero-order chi connectivity index (χ0) is 25.4. The van der Waals surface area contributed by atoms with Gasteiger partial charge in [0.2, 0.25) is 0 Å². The first-order chi connectivity index (χ1) is 16.8. The van der Waals surface area contributed by atoms with Gasteiger partial charge in [0.25, 0.3) is 0 Å². The Balaban J connectivity index is 0.000000196. The molecule has 0 saturated heterocycles. The highest BCUT2D eigenvalue weighted by Gasteiger charge is 2.16. The molecular formula is C29H25BrO5. The topological polar surface area (TPSA) is 83.8 Å². The van der Waals surface area contributed by atoms with Crippen LogP contribution >= 0.6 is 15.9 Å². The lowest BCUT2D eigenvalue weighted by Crippen LogP contribution is -2.02. The van der Waals surface area contributed by atoms with Crippen molar-refractivity contribution in [2.45, 2.75) is 12.3 Å². The van der Waals surface area contributed by atoms with Gasteiger partial charge in [-0.05, 0) is 47.9 Å². The van der Waals surface area contributed by atoms with Gasteiger partial charge in [-0.25, -0.2) is 4.79 Å². The summed E-state index contributed by atoms with van der Waals surface area (Å²) in [6.45, 7) is 1.56. The molecule has 0 aliphatic carbocycles. The zero-order valence-corrected chi connectivity index (χ0v) is 21.0. The highest BCUT2D eigenvalue weighted by atomic mass is 79.9. The summed E-state index contributed by atoms with van der Waals surface area (Å²) < 4.78 is 4.73. The first-order valence-electron chi connectivity index (χ1n) is 10.8. The predicted molar refractivity (Wildman–Crippen MR) is 140 cm³/mol. The van der Waals surface area contributed by atoms with Gasteiger partial charge in [0.15, 0.2) is 5.78 Å². The molecule has 0 aromatic heterocycles. The second kappa shape index (κ2) is 12.0. The number of aromatic hydroxyl groups is 2. The fraction of sp³-hybridized carbons (Fsp3) is 0.103. The molecule has 0 radical (unpaired) electrons. The monoisotopic (exact) mass is 532 g/mol. The van der Waals surface area contributed by atoms with Crippen molar-refractivity contribution in [2.24, 2.45) is 0 Å². The Morgan fingerprint density at radius 1 is 0.800 bits per heavy atom. The van der Waals surface area contributed by atoms with Gasteiger partial charge in [-0.1, -0.05) is 82.7 Å². The molecule has 0 spiro atoms. The van der Waals surface area contributed by atoms with Crippen LogP contribution in [0.3, 0.4) is 0 Å². The largest absolute Gasteiger partial charge is 0.508 e. The summed E-state index contributed by atoms with van der Waals surface area (Å²) >= 11 is 3.44. The second-order valence-corrected chi connectivity index (χ2v) is 8.27. The van der Waals surface area contributed by atoms with Crippen molar-refractivity contribution in [1.82, 2.24) is 0 Å². The average Bonchev–Trinajstić information content (AvgIpc) is 2.92. The Morgan fingerprint density at radius 3 is 2.09 bits per heavy atom. The normalized spacial score (nSPS) is 10.1. The van der Waals surface area contributed by atoms with Crippen molar-refractivity contribution < 1.29 is 24.5 Å². The molecule has 0 amide bonds. The SMILES string of the molecule is COC(=O)c1cccc(-c2cccc(CBr)c2)c1.Cc1c(O)ccc(C(=O)c2ccccc2)c1O. The Morgan fingerprint density at radius 2 is 1.43 bits per heavy atom. The van der Waals surface area contributed by atoms with Gasteiger partial charge >= 0.3 is 5.97 Å². The van der Waals surface area contributed by atoms with Gasteiger partial charge in [-0.2, -0.15) is 0 Å². The van der Waals surface area contributed by atoms with E-state index in [4.69, 9.17) is 4.74 Å². The van der Waals surface area contributed by atoms with Crippen LogP contribution in [-0.4, -0.2) is 29.1 Å². The number of halogens is 1. The maximum Gasteiger partial charge on any atom is 0.337 e. The van der Waals surface area contributed by atoms with Gasteiger partial charge in [-0.15, -0.1) is 0 Å². The minimum Gasteiger partial charge on any atom is -0.508 e. The molecular weight excluding hydrogens is 508 g/mol. The molecule has 0 atom stereocenters. The molecule has 5 nitrogen and oxygen atoms in total. The average molecular weight is 533 g/mol. The molecule has 0 saturated carbocycles. The number of phenols is 2. The van der Waals surface area contributed by atoms with Crippen LogP contribution < -0.4 is 0 Å². The summed E-state index contributed by atoms with van der Waals surface area (Å²) in [6.07, 6.45) is 0. The van der Waals surface area contributed by atoms with Crippen LogP contribution in [0.5, 0.6) is 11.5 Å². The van der Waals surface area contributed by atoms with Crippen molar-refractivity contribution in [3.8, 4) is 22.6 Å². The number of carbonyl (C=O) groups excluding carboxylic acids is 2. The van der Waals surface area contributed by atoms with Crippen LogP contribution in [0.4, 0.5) is 0 Å². The van der Waals surface area contributed by atoms with Gasteiger partial charge in [0.1, 0.15) is 11.5 Å². The highest BCUT2D eigenvalue weighted by molar-refractivity contribution is 9.08. The number of ketones is 1. The fourth-order valence-electron chi connectivity index (χ4n) is 3.40. The highest BCUT2D eigenvalue weighted by Crippen LogP contribution is 2.30. The third-order valence-corrected chi connectivity index (χ3v) is 6.03. The molecule has 2 N–H and O–H groups in total. The van der Waals surface area contributed by atoms with Crippen LogP contribution in [0.25, 0.3) is 11.1 Å². The van der Waals surface area contributed by atoms with E-state index in [1.54, 1.807) is 37.3 Å². The lowest BCUT2D eigenvalue weighted by atomic mass is 10.00. The van der Waals surface area contributed by atoms with Crippen molar-refractivity contribution in [3.05, 3.63) is 119 Å². The molecule has 0 fully saturated rings. The van der Waals surface area contributed by atoms with E-state index in [0.29, 0.717) is 16.7 Å². The molecule has 178 valence electrons. The van der Waals surface area contributed by atoms with Crippen LogP contribution in [-0.2, 0) is 10.1 Å². The Hall–Kier alpha value is -3.90. The molecule has 0 aliphatic heterocycles. The summed E-state index contributed by atoms with van der Waals surface area (Å²) in [6, 6.07) is 27.2. The second-order valence-electron chi connectivity index (χ2n) is 7.71. The summed E-state index contributed by atoms with van der Waals surface area (Å²) in [5.74, 6) is -0.759. The maximum absolute atomic E-state index is 12.1. The third-order valence-electron chi connectivity index (χ3n) is 5.38. The Kier molecular flexibility index (Phi) is 8.81. The van der Waals surface area contributed by atoms with Crippen molar-refractivity contribution in [3.63, 3.8) is 0 Å². The number of ether oxygens (including phenoxy) is 1. The number of benzene rings is 4. The van der Waals surface area contributed by atoms with Crippen molar-refractivity contribution in [1.29, 1.82) is 0 Å². The molecule has 0 bridgehead atoms. The minimum atomic E-state index is -0.312. The van der Waals surface area contributed by atoms with Gasteiger partial charge in [-0.3, -0.25) is 4.79 Å². The Bertz CT molecular complexity index is 1330. The summed E-state index contributed by atoms with van der Waals surface area (Å²) in [7, 11) is 1.39. The summed E-state index contributed by atoms with van der Waals surface area (Å²) in [4.78, 5) is 23.6. The number of methoxy groups -OCH3 is 1. The number of alkyl halides is 1. The molecule has 6 heteroatoms. The molecule has 0 heterocycles. The van der Waals surface area contributed by atoms with Crippen molar-refractivity contribution >= 4 is 27.7 Å². The smallest absolute Gasteiger partial charge is 0.337 e. The van der Waals surface area contributed by atoms with Crippen LogP contribution in [0, 0.1) is 6.92 Å². The first kappa shape index (κ1) is 25.7. The molecule has 0 aliphatic rings. The first-order valence-corrected chi connectivity index (χ1v) is 11.9. The van der Waals surface area contributed by atoms with Gasteiger partial charge in [0.05, 0.1) is 18.2 Å². The van der Waals surface area contributed by atoms with Crippen molar-refractivity contribution in [2.75, 3.05) is 7.11 Å². The number of esters is 1. The summed E-state index contributed by atoms with van der Waals surface area (Å²) in [5, 5.41) is 20.1. The van der Waals surface area contributed by atoms with E-state index in [-0.39, 0.29) is 28.8 Å². The molecule has 35 heavy (non-hydrogen) atoms.